The standard InChI is InChI=1S/C10H6F2IN3O/c11-6-2-1-5(3-7(6)12)16-9-8(13)10(17)15-4-14-9/h1-4H,(H2,14,15,16,17). The van der Waals surface area contributed by atoms with E-state index in [4.69, 9.17) is 0 Å². The van der Waals surface area contributed by atoms with Crippen molar-refractivity contribution in [2.45, 2.75) is 0 Å². The van der Waals surface area contributed by atoms with Crippen LogP contribution in [-0.2, 0) is 0 Å². The smallest absolute Gasteiger partial charge is 0.266 e. The number of nitrogens with zero attached hydrogens (tertiary/aromatic N) is 1. The summed E-state index contributed by atoms with van der Waals surface area (Å²) in [5.41, 5.74) is 0.0191. The number of benzene rings is 1. The molecule has 0 saturated heterocycles. The summed E-state index contributed by atoms with van der Waals surface area (Å²) in [5.74, 6) is -1.60. The van der Waals surface area contributed by atoms with Crippen LogP contribution in [0.15, 0.2) is 29.3 Å². The Hall–Kier alpha value is -1.51. The van der Waals surface area contributed by atoms with Gasteiger partial charge in [-0.15, -0.1) is 0 Å². The number of nitrogens with one attached hydrogen (secondary N) is 2. The first-order valence-corrected chi connectivity index (χ1v) is 5.61. The van der Waals surface area contributed by atoms with Crippen molar-refractivity contribution in [3.05, 3.63) is 50.1 Å². The maximum absolute atomic E-state index is 13.0. The Morgan fingerprint density at radius 3 is 2.76 bits per heavy atom. The second-order valence-electron chi connectivity index (χ2n) is 3.15. The molecule has 2 rings (SSSR count). The first-order chi connectivity index (χ1) is 8.08. The number of hydrogen-bond donors (Lipinski definition) is 2. The van der Waals surface area contributed by atoms with Gasteiger partial charge in [-0.3, -0.25) is 4.79 Å². The molecule has 1 heterocycles. The lowest BCUT2D eigenvalue weighted by Gasteiger charge is -2.06. The molecule has 2 N–H and O–H groups in total. The summed E-state index contributed by atoms with van der Waals surface area (Å²) in [4.78, 5) is 17.6. The molecule has 0 atom stereocenters. The Balaban J connectivity index is 2.35. The highest BCUT2D eigenvalue weighted by molar-refractivity contribution is 14.1. The topological polar surface area (TPSA) is 57.8 Å². The van der Waals surface area contributed by atoms with Gasteiger partial charge in [-0.2, -0.15) is 0 Å². The van der Waals surface area contributed by atoms with Crippen LogP contribution < -0.4 is 10.9 Å². The number of aromatic nitrogens is 2. The Morgan fingerprint density at radius 1 is 1.29 bits per heavy atom. The Morgan fingerprint density at radius 2 is 2.06 bits per heavy atom. The molecule has 0 fully saturated rings. The van der Waals surface area contributed by atoms with Crippen molar-refractivity contribution in [2.75, 3.05) is 5.32 Å². The van der Waals surface area contributed by atoms with Crippen LogP contribution >= 0.6 is 22.6 Å². The van der Waals surface area contributed by atoms with E-state index in [0.29, 0.717) is 15.1 Å². The molecule has 1 aromatic heterocycles. The predicted molar refractivity (Wildman–Crippen MR) is 67.2 cm³/mol. The first kappa shape index (κ1) is 12.0. The van der Waals surface area contributed by atoms with Gasteiger partial charge in [-0.25, -0.2) is 13.8 Å². The summed E-state index contributed by atoms with van der Waals surface area (Å²) in [6.45, 7) is 0. The monoisotopic (exact) mass is 349 g/mol. The summed E-state index contributed by atoms with van der Waals surface area (Å²) >= 11 is 1.81. The minimum atomic E-state index is -0.963. The van der Waals surface area contributed by atoms with Crippen LogP contribution in [0, 0.1) is 15.2 Å². The number of H-pyrrole nitrogens is 1. The molecule has 88 valence electrons. The van der Waals surface area contributed by atoms with E-state index in [-0.39, 0.29) is 5.56 Å². The summed E-state index contributed by atoms with van der Waals surface area (Å²) in [5, 5.41) is 2.74. The second-order valence-corrected chi connectivity index (χ2v) is 4.23. The van der Waals surface area contributed by atoms with Crippen LogP contribution in [-0.4, -0.2) is 9.97 Å². The molecule has 0 amide bonds. The zero-order chi connectivity index (χ0) is 12.4. The van der Waals surface area contributed by atoms with Gasteiger partial charge in [0.2, 0.25) is 0 Å². The number of halogens is 3. The average molecular weight is 349 g/mol. The van der Waals surface area contributed by atoms with E-state index in [1.54, 1.807) is 0 Å². The normalized spacial score (nSPS) is 10.3. The van der Waals surface area contributed by atoms with Crippen LogP contribution in [0.25, 0.3) is 0 Å². The van der Waals surface area contributed by atoms with Crippen LogP contribution in [0.1, 0.15) is 0 Å². The zero-order valence-electron chi connectivity index (χ0n) is 8.30. The highest BCUT2D eigenvalue weighted by atomic mass is 127. The maximum atomic E-state index is 13.0. The van der Waals surface area contributed by atoms with Crippen molar-refractivity contribution >= 4 is 34.1 Å². The van der Waals surface area contributed by atoms with E-state index < -0.39 is 11.6 Å². The van der Waals surface area contributed by atoms with Crippen molar-refractivity contribution < 1.29 is 8.78 Å². The van der Waals surface area contributed by atoms with E-state index in [9.17, 15) is 13.6 Å². The van der Waals surface area contributed by atoms with Crippen LogP contribution in [0.4, 0.5) is 20.3 Å². The summed E-state index contributed by atoms with van der Waals surface area (Å²) in [6, 6.07) is 3.35. The molecule has 4 nitrogen and oxygen atoms in total. The van der Waals surface area contributed by atoms with Gasteiger partial charge in [-0.05, 0) is 34.7 Å². The van der Waals surface area contributed by atoms with Crippen molar-refractivity contribution in [3.8, 4) is 0 Å². The molecular formula is C10H6F2IN3O. The third-order valence-corrected chi connectivity index (χ3v) is 2.98. The Bertz CT molecular complexity index is 615. The van der Waals surface area contributed by atoms with Gasteiger partial charge >= 0.3 is 0 Å². The van der Waals surface area contributed by atoms with Crippen LogP contribution in [0.5, 0.6) is 0 Å². The molecule has 0 bridgehead atoms. The van der Waals surface area contributed by atoms with Crippen molar-refractivity contribution in [1.82, 2.24) is 9.97 Å². The second kappa shape index (κ2) is 4.78. The lowest BCUT2D eigenvalue weighted by molar-refractivity contribution is 0.509. The molecule has 0 aliphatic rings. The molecule has 7 heteroatoms. The van der Waals surface area contributed by atoms with E-state index in [1.165, 1.54) is 12.4 Å². The quantitative estimate of drug-likeness (QED) is 0.819. The number of hydrogen-bond acceptors (Lipinski definition) is 3. The minimum absolute atomic E-state index is 0.292. The van der Waals surface area contributed by atoms with E-state index in [2.05, 4.69) is 15.3 Å². The zero-order valence-corrected chi connectivity index (χ0v) is 10.5. The van der Waals surface area contributed by atoms with Gasteiger partial charge in [-0.1, -0.05) is 0 Å². The molecule has 2 aromatic rings. The molecule has 0 unspecified atom stereocenters. The van der Waals surface area contributed by atoms with Gasteiger partial charge in [0.25, 0.3) is 5.56 Å². The summed E-state index contributed by atoms with van der Waals surface area (Å²) in [6.07, 6.45) is 1.23. The minimum Gasteiger partial charge on any atom is -0.339 e. The number of aromatic amines is 1. The van der Waals surface area contributed by atoms with Crippen LogP contribution in [0.3, 0.4) is 0 Å². The van der Waals surface area contributed by atoms with E-state index in [1.807, 2.05) is 22.6 Å². The molecule has 1 aromatic carbocycles. The van der Waals surface area contributed by atoms with Crippen molar-refractivity contribution in [1.29, 1.82) is 0 Å². The van der Waals surface area contributed by atoms with E-state index >= 15 is 0 Å². The van der Waals surface area contributed by atoms with Gasteiger partial charge in [0.1, 0.15) is 3.57 Å². The van der Waals surface area contributed by atoms with Crippen molar-refractivity contribution in [2.24, 2.45) is 0 Å². The molecule has 0 saturated carbocycles. The highest BCUT2D eigenvalue weighted by Gasteiger charge is 2.07. The number of rotatable bonds is 2. The van der Waals surface area contributed by atoms with Crippen molar-refractivity contribution in [3.63, 3.8) is 0 Å². The fourth-order valence-corrected chi connectivity index (χ4v) is 1.61. The largest absolute Gasteiger partial charge is 0.339 e. The summed E-state index contributed by atoms with van der Waals surface area (Å²) in [7, 11) is 0. The third-order valence-electron chi connectivity index (χ3n) is 1.98. The van der Waals surface area contributed by atoms with Crippen LogP contribution in [0.2, 0.25) is 0 Å². The Labute approximate surface area is 108 Å². The van der Waals surface area contributed by atoms with Gasteiger partial charge in [0.05, 0.1) is 6.33 Å². The predicted octanol–water partition coefficient (Wildman–Crippen LogP) is 2.40. The lowest BCUT2D eigenvalue weighted by Crippen LogP contribution is -2.13. The van der Waals surface area contributed by atoms with E-state index in [0.717, 1.165) is 12.1 Å². The third kappa shape index (κ3) is 2.60. The lowest BCUT2D eigenvalue weighted by atomic mass is 10.3. The molecule has 17 heavy (non-hydrogen) atoms. The SMILES string of the molecule is O=c1[nH]cnc(Nc2ccc(F)c(F)c2)c1I. The summed E-state index contributed by atoms with van der Waals surface area (Å²) < 4.78 is 26.0. The maximum Gasteiger partial charge on any atom is 0.266 e. The van der Waals surface area contributed by atoms with Gasteiger partial charge in [0.15, 0.2) is 17.5 Å². The van der Waals surface area contributed by atoms with Gasteiger partial charge in [0, 0.05) is 11.8 Å². The molecular weight excluding hydrogens is 343 g/mol. The Kier molecular flexibility index (Phi) is 3.36. The molecule has 0 radical (unpaired) electrons. The first-order valence-electron chi connectivity index (χ1n) is 4.53. The number of anilines is 2. The average Bonchev–Trinajstić information content (AvgIpc) is 2.30. The molecule has 0 aliphatic carbocycles. The molecule has 0 spiro atoms. The fourth-order valence-electron chi connectivity index (χ4n) is 1.18. The highest BCUT2D eigenvalue weighted by Crippen LogP contribution is 2.19. The fraction of sp³-hybridized carbons (Fsp3) is 0. The van der Waals surface area contributed by atoms with Gasteiger partial charge < -0.3 is 10.3 Å². The molecule has 0 aliphatic heterocycles.